The number of methoxy groups -OCH3 is 2. The third-order valence-corrected chi connectivity index (χ3v) is 5.69. The third kappa shape index (κ3) is 6.28. The number of nitrogens with zero attached hydrogens (tertiary/aromatic N) is 4. The first-order valence-corrected chi connectivity index (χ1v) is 11.6. The Balaban J connectivity index is 1.60. The summed E-state index contributed by atoms with van der Waals surface area (Å²) >= 11 is 0. The van der Waals surface area contributed by atoms with Crippen LogP contribution in [-0.4, -0.2) is 78.6 Å². The van der Waals surface area contributed by atoms with Crippen molar-refractivity contribution < 1.29 is 19.0 Å². The Labute approximate surface area is 203 Å². The maximum absolute atomic E-state index is 11.9. The van der Waals surface area contributed by atoms with Crippen molar-refractivity contribution in [3.63, 3.8) is 0 Å². The first-order chi connectivity index (χ1) is 17.1. The molecule has 3 aromatic rings. The molecule has 0 radical (unpaired) electrons. The van der Waals surface area contributed by atoms with Crippen molar-refractivity contribution in [1.82, 2.24) is 30.4 Å². The van der Waals surface area contributed by atoms with Gasteiger partial charge in [0.2, 0.25) is 5.95 Å². The molecule has 12 nitrogen and oxygen atoms in total. The maximum Gasteiger partial charge on any atom is 0.321 e. The minimum absolute atomic E-state index is 0.136. The van der Waals surface area contributed by atoms with Gasteiger partial charge in [-0.1, -0.05) is 0 Å². The Morgan fingerprint density at radius 1 is 1.14 bits per heavy atom. The summed E-state index contributed by atoms with van der Waals surface area (Å²) in [5, 5.41) is 16.2. The Hall–Kier alpha value is -3.64. The van der Waals surface area contributed by atoms with E-state index in [0.29, 0.717) is 47.3 Å². The van der Waals surface area contributed by atoms with Crippen molar-refractivity contribution >= 4 is 34.5 Å². The molecule has 0 unspecified atom stereocenters. The number of rotatable bonds is 11. The van der Waals surface area contributed by atoms with Crippen LogP contribution in [0.5, 0.6) is 11.5 Å². The smallest absolute Gasteiger partial charge is 0.321 e. The molecule has 1 aromatic carbocycles. The molecule has 1 saturated heterocycles. The highest BCUT2D eigenvalue weighted by Crippen LogP contribution is 2.35. The monoisotopic (exact) mass is 484 g/mol. The van der Waals surface area contributed by atoms with Crippen LogP contribution in [0.3, 0.4) is 0 Å². The summed E-state index contributed by atoms with van der Waals surface area (Å²) in [6, 6.07) is 5.01. The van der Waals surface area contributed by atoms with Crippen LogP contribution < -0.4 is 25.4 Å². The molecule has 35 heavy (non-hydrogen) atoms. The van der Waals surface area contributed by atoms with Gasteiger partial charge in [0, 0.05) is 38.2 Å². The normalized spacial score (nSPS) is 13.7. The standard InChI is InChI=1S/C23H32N8O4/c1-24-23(32)28-22-25-17-13-19(35-10-6-9-31-7-4-5-8-31)18(34-3)12-16(17)21(27-22)26-20-11-15(14-33-2)29-30-20/h11-13H,4-10,14H2,1-3H3,(H4,24,25,26,27,28,29,30,32). The van der Waals surface area contributed by atoms with Gasteiger partial charge in [0.05, 0.1) is 31.5 Å². The number of hydrogen-bond acceptors (Lipinski definition) is 9. The number of benzene rings is 1. The van der Waals surface area contributed by atoms with E-state index in [2.05, 4.69) is 41.0 Å². The molecule has 3 heterocycles. The topological polar surface area (TPSA) is 139 Å². The van der Waals surface area contributed by atoms with Crippen molar-refractivity contribution in [1.29, 1.82) is 0 Å². The van der Waals surface area contributed by atoms with Crippen LogP contribution in [-0.2, 0) is 11.3 Å². The number of carbonyl (C=O) groups excluding carboxylic acids is 1. The first kappa shape index (κ1) is 24.5. The number of amides is 2. The summed E-state index contributed by atoms with van der Waals surface area (Å²) in [6.45, 7) is 4.30. The van der Waals surface area contributed by atoms with Gasteiger partial charge in [-0.3, -0.25) is 10.4 Å². The minimum atomic E-state index is -0.427. The molecule has 0 saturated carbocycles. The fourth-order valence-electron chi connectivity index (χ4n) is 3.98. The van der Waals surface area contributed by atoms with E-state index in [1.165, 1.54) is 19.9 Å². The van der Waals surface area contributed by atoms with Crippen molar-refractivity contribution in [3.8, 4) is 11.5 Å². The molecule has 4 rings (SSSR count). The summed E-state index contributed by atoms with van der Waals surface area (Å²) in [4.78, 5) is 23.4. The molecular formula is C23H32N8O4. The minimum Gasteiger partial charge on any atom is -0.493 e. The van der Waals surface area contributed by atoms with Crippen molar-refractivity contribution in [2.24, 2.45) is 0 Å². The highest BCUT2D eigenvalue weighted by molar-refractivity contribution is 5.95. The molecule has 12 heteroatoms. The number of aromatic amines is 1. The number of ether oxygens (including phenoxy) is 3. The molecule has 0 atom stereocenters. The predicted molar refractivity (Wildman–Crippen MR) is 133 cm³/mol. The fourth-order valence-corrected chi connectivity index (χ4v) is 3.98. The lowest BCUT2D eigenvalue weighted by Crippen LogP contribution is -2.25. The summed E-state index contributed by atoms with van der Waals surface area (Å²) in [6.07, 6.45) is 3.46. The Bertz CT molecular complexity index is 1150. The van der Waals surface area contributed by atoms with Gasteiger partial charge in [0.25, 0.3) is 0 Å². The zero-order chi connectivity index (χ0) is 24.6. The number of aromatic nitrogens is 4. The summed E-state index contributed by atoms with van der Waals surface area (Å²) in [7, 11) is 4.73. The van der Waals surface area contributed by atoms with Gasteiger partial charge >= 0.3 is 6.03 Å². The van der Waals surface area contributed by atoms with Crippen molar-refractivity contribution in [3.05, 3.63) is 23.9 Å². The second kappa shape index (κ2) is 11.7. The van der Waals surface area contributed by atoms with Crippen LogP contribution in [0.25, 0.3) is 10.9 Å². The molecule has 188 valence electrons. The van der Waals surface area contributed by atoms with E-state index in [1.807, 2.05) is 12.1 Å². The van der Waals surface area contributed by atoms with Crippen LogP contribution >= 0.6 is 0 Å². The third-order valence-electron chi connectivity index (χ3n) is 5.69. The molecule has 2 amide bonds. The van der Waals surface area contributed by atoms with Gasteiger partial charge in [-0.15, -0.1) is 0 Å². The van der Waals surface area contributed by atoms with Crippen LogP contribution in [0.4, 0.5) is 22.4 Å². The number of hydrogen-bond donors (Lipinski definition) is 4. The number of urea groups is 1. The van der Waals surface area contributed by atoms with Crippen LogP contribution in [0.15, 0.2) is 18.2 Å². The molecule has 2 aromatic heterocycles. The lowest BCUT2D eigenvalue weighted by atomic mass is 10.2. The zero-order valence-electron chi connectivity index (χ0n) is 20.3. The molecule has 1 aliphatic rings. The lowest BCUT2D eigenvalue weighted by Gasteiger charge is -2.16. The largest absolute Gasteiger partial charge is 0.493 e. The van der Waals surface area contributed by atoms with E-state index >= 15 is 0 Å². The molecule has 1 fully saturated rings. The van der Waals surface area contributed by atoms with Gasteiger partial charge in [-0.05, 0) is 38.4 Å². The second-order valence-electron chi connectivity index (χ2n) is 8.21. The molecule has 4 N–H and O–H groups in total. The highest BCUT2D eigenvalue weighted by atomic mass is 16.5. The van der Waals surface area contributed by atoms with Crippen LogP contribution in [0, 0.1) is 0 Å². The van der Waals surface area contributed by atoms with E-state index in [0.717, 1.165) is 31.7 Å². The van der Waals surface area contributed by atoms with E-state index < -0.39 is 6.03 Å². The average Bonchev–Trinajstić information content (AvgIpc) is 3.54. The summed E-state index contributed by atoms with van der Waals surface area (Å²) < 4.78 is 16.8. The van der Waals surface area contributed by atoms with Crippen LogP contribution in [0.2, 0.25) is 0 Å². The van der Waals surface area contributed by atoms with E-state index in [9.17, 15) is 4.79 Å². The number of carbonyl (C=O) groups is 1. The first-order valence-electron chi connectivity index (χ1n) is 11.6. The SMILES string of the molecule is CNC(=O)Nc1nc(Nc2cc(COC)[nH]n2)c2cc(OC)c(OCCCN3CCCC3)cc2n1. The molecule has 0 aliphatic carbocycles. The molecule has 0 bridgehead atoms. The quantitative estimate of drug-likeness (QED) is 0.303. The highest BCUT2D eigenvalue weighted by Gasteiger charge is 2.16. The van der Waals surface area contributed by atoms with Crippen molar-refractivity contribution in [2.45, 2.75) is 25.9 Å². The van der Waals surface area contributed by atoms with Gasteiger partial charge in [-0.2, -0.15) is 10.1 Å². The van der Waals surface area contributed by atoms with Crippen molar-refractivity contribution in [2.75, 3.05) is 58.1 Å². The number of fused-ring (bicyclic) bond motifs is 1. The number of anilines is 3. The van der Waals surface area contributed by atoms with Gasteiger partial charge in [0.1, 0.15) is 5.82 Å². The molecular weight excluding hydrogens is 452 g/mol. The zero-order valence-corrected chi connectivity index (χ0v) is 20.3. The number of likely N-dealkylation sites (tertiary alicyclic amines) is 1. The predicted octanol–water partition coefficient (Wildman–Crippen LogP) is 2.87. The number of H-pyrrole nitrogens is 1. The second-order valence-corrected chi connectivity index (χ2v) is 8.21. The number of nitrogens with one attached hydrogen (secondary N) is 4. The Kier molecular flexibility index (Phi) is 8.16. The lowest BCUT2D eigenvalue weighted by molar-refractivity contribution is 0.181. The molecule has 1 aliphatic heterocycles. The summed E-state index contributed by atoms with van der Waals surface area (Å²) in [5.41, 5.74) is 1.39. The van der Waals surface area contributed by atoms with E-state index in [4.69, 9.17) is 14.2 Å². The fraction of sp³-hybridized carbons (Fsp3) is 0.478. The van der Waals surface area contributed by atoms with Gasteiger partial charge in [-0.25, -0.2) is 9.78 Å². The Morgan fingerprint density at radius 2 is 1.97 bits per heavy atom. The Morgan fingerprint density at radius 3 is 2.71 bits per heavy atom. The van der Waals surface area contributed by atoms with E-state index in [1.54, 1.807) is 20.3 Å². The van der Waals surface area contributed by atoms with E-state index in [-0.39, 0.29) is 5.95 Å². The average molecular weight is 485 g/mol. The van der Waals surface area contributed by atoms with Gasteiger partial charge < -0.3 is 29.7 Å². The maximum atomic E-state index is 11.9. The summed E-state index contributed by atoms with van der Waals surface area (Å²) in [5.74, 6) is 2.29. The molecule has 0 spiro atoms. The van der Waals surface area contributed by atoms with Crippen LogP contribution in [0.1, 0.15) is 25.0 Å². The van der Waals surface area contributed by atoms with Gasteiger partial charge in [0.15, 0.2) is 17.3 Å².